The zero-order valence-electron chi connectivity index (χ0n) is 9.18. The number of methoxy groups -OCH3 is 1. The minimum Gasteiger partial charge on any atom is -0.497 e. The van der Waals surface area contributed by atoms with Crippen molar-refractivity contribution in [3.05, 3.63) is 36.2 Å². The number of aliphatic hydroxyl groups is 1. The second kappa shape index (κ2) is 4.37. The van der Waals surface area contributed by atoms with Crippen LogP contribution in [0.3, 0.4) is 0 Å². The van der Waals surface area contributed by atoms with Crippen LogP contribution in [0.15, 0.2) is 34.9 Å². The van der Waals surface area contributed by atoms with Crippen LogP contribution < -0.4 is 4.74 Å². The summed E-state index contributed by atoms with van der Waals surface area (Å²) < 4.78 is 10.4. The molecular formula is C12H13NO3. The van der Waals surface area contributed by atoms with Gasteiger partial charge in [-0.2, -0.15) is 0 Å². The molecule has 1 unspecified atom stereocenters. The maximum absolute atomic E-state index is 9.34. The molecule has 0 aliphatic carbocycles. The Kier molecular flexibility index (Phi) is 2.92. The van der Waals surface area contributed by atoms with Crippen molar-refractivity contribution in [1.29, 1.82) is 0 Å². The van der Waals surface area contributed by atoms with Gasteiger partial charge in [0.1, 0.15) is 17.7 Å². The molecule has 1 N–H and O–H groups in total. The Hall–Kier alpha value is -1.81. The molecule has 2 aromatic rings. The predicted octanol–water partition coefficient (Wildman–Crippen LogP) is 2.40. The van der Waals surface area contributed by atoms with Crippen molar-refractivity contribution in [2.45, 2.75) is 13.0 Å². The highest BCUT2D eigenvalue weighted by molar-refractivity contribution is 5.56. The number of hydrogen-bond donors (Lipinski definition) is 1. The molecule has 0 saturated heterocycles. The van der Waals surface area contributed by atoms with E-state index in [0.717, 1.165) is 11.3 Å². The van der Waals surface area contributed by atoms with E-state index in [2.05, 4.69) is 4.98 Å². The molecule has 0 fully saturated rings. The SMILES string of the molecule is COc1cccc(-c2nc(C(C)O)co2)c1. The zero-order valence-corrected chi connectivity index (χ0v) is 9.18. The first-order valence-electron chi connectivity index (χ1n) is 4.98. The predicted molar refractivity (Wildman–Crippen MR) is 59.1 cm³/mol. The zero-order chi connectivity index (χ0) is 11.5. The maximum Gasteiger partial charge on any atom is 0.226 e. The summed E-state index contributed by atoms with van der Waals surface area (Å²) in [4.78, 5) is 4.18. The van der Waals surface area contributed by atoms with Crippen LogP contribution >= 0.6 is 0 Å². The molecule has 4 nitrogen and oxygen atoms in total. The van der Waals surface area contributed by atoms with E-state index in [1.54, 1.807) is 14.0 Å². The molecule has 84 valence electrons. The molecular weight excluding hydrogens is 206 g/mol. The number of aliphatic hydroxyl groups excluding tert-OH is 1. The van der Waals surface area contributed by atoms with Gasteiger partial charge in [0, 0.05) is 5.56 Å². The van der Waals surface area contributed by atoms with Gasteiger partial charge in [0.2, 0.25) is 5.89 Å². The van der Waals surface area contributed by atoms with Gasteiger partial charge in [-0.3, -0.25) is 0 Å². The van der Waals surface area contributed by atoms with E-state index in [9.17, 15) is 5.11 Å². The van der Waals surface area contributed by atoms with Crippen molar-refractivity contribution in [3.63, 3.8) is 0 Å². The highest BCUT2D eigenvalue weighted by atomic mass is 16.5. The third-order valence-electron chi connectivity index (χ3n) is 2.27. The van der Waals surface area contributed by atoms with Crippen LogP contribution in [-0.2, 0) is 0 Å². The summed E-state index contributed by atoms with van der Waals surface area (Å²) in [6, 6.07) is 7.42. The van der Waals surface area contributed by atoms with E-state index in [-0.39, 0.29) is 0 Å². The molecule has 0 bridgehead atoms. The number of aromatic nitrogens is 1. The van der Waals surface area contributed by atoms with Crippen molar-refractivity contribution in [1.82, 2.24) is 4.98 Å². The second-order valence-electron chi connectivity index (χ2n) is 3.49. The number of nitrogens with zero attached hydrogens (tertiary/aromatic N) is 1. The smallest absolute Gasteiger partial charge is 0.226 e. The summed E-state index contributed by atoms with van der Waals surface area (Å²) in [5.41, 5.74) is 1.35. The summed E-state index contributed by atoms with van der Waals surface area (Å²) in [6.07, 6.45) is 0.836. The molecule has 0 saturated carbocycles. The standard InChI is InChI=1S/C12H13NO3/c1-8(14)11-7-16-12(13-11)9-4-3-5-10(6-9)15-2/h3-8,14H,1-2H3. The first-order chi connectivity index (χ1) is 7.70. The van der Waals surface area contributed by atoms with Crippen molar-refractivity contribution >= 4 is 0 Å². The van der Waals surface area contributed by atoms with Gasteiger partial charge in [0.05, 0.1) is 13.2 Å². The van der Waals surface area contributed by atoms with Crippen molar-refractivity contribution in [2.75, 3.05) is 7.11 Å². The summed E-state index contributed by atoms with van der Waals surface area (Å²) in [6.45, 7) is 1.65. The van der Waals surface area contributed by atoms with E-state index in [1.807, 2.05) is 24.3 Å². The minimum absolute atomic E-state index is 0.481. The van der Waals surface area contributed by atoms with Crippen LogP contribution in [0.4, 0.5) is 0 Å². The van der Waals surface area contributed by atoms with Crippen LogP contribution in [0.5, 0.6) is 5.75 Å². The van der Waals surface area contributed by atoms with Crippen LogP contribution in [0.1, 0.15) is 18.7 Å². The Labute approximate surface area is 93.5 Å². The molecule has 1 heterocycles. The number of benzene rings is 1. The van der Waals surface area contributed by atoms with Gasteiger partial charge in [-0.05, 0) is 25.1 Å². The van der Waals surface area contributed by atoms with Crippen LogP contribution in [0.25, 0.3) is 11.5 Å². The number of hydrogen-bond acceptors (Lipinski definition) is 4. The lowest BCUT2D eigenvalue weighted by Gasteiger charge is -2.00. The molecule has 1 atom stereocenters. The lowest BCUT2D eigenvalue weighted by Crippen LogP contribution is -1.90. The van der Waals surface area contributed by atoms with E-state index in [0.29, 0.717) is 11.6 Å². The van der Waals surface area contributed by atoms with Gasteiger partial charge in [0.25, 0.3) is 0 Å². The molecule has 0 spiro atoms. The summed E-state index contributed by atoms with van der Waals surface area (Å²) in [7, 11) is 1.61. The van der Waals surface area contributed by atoms with E-state index in [1.165, 1.54) is 6.26 Å². The van der Waals surface area contributed by atoms with Crippen molar-refractivity contribution < 1.29 is 14.3 Å². The average molecular weight is 219 g/mol. The van der Waals surface area contributed by atoms with E-state index in [4.69, 9.17) is 9.15 Å². The van der Waals surface area contributed by atoms with Gasteiger partial charge >= 0.3 is 0 Å². The summed E-state index contributed by atoms with van der Waals surface area (Å²) in [5, 5.41) is 9.34. The van der Waals surface area contributed by atoms with Gasteiger partial charge in [-0.1, -0.05) is 6.07 Å². The number of oxazole rings is 1. The first-order valence-corrected chi connectivity index (χ1v) is 4.98. The fraction of sp³-hybridized carbons (Fsp3) is 0.250. The lowest BCUT2D eigenvalue weighted by atomic mass is 10.2. The Morgan fingerprint density at radius 3 is 2.88 bits per heavy atom. The Morgan fingerprint density at radius 2 is 2.25 bits per heavy atom. The normalized spacial score (nSPS) is 12.4. The first kappa shape index (κ1) is 10.7. The second-order valence-corrected chi connectivity index (χ2v) is 3.49. The van der Waals surface area contributed by atoms with Gasteiger partial charge in [-0.25, -0.2) is 4.98 Å². The highest BCUT2D eigenvalue weighted by Gasteiger charge is 2.10. The molecule has 0 amide bonds. The molecule has 0 radical (unpaired) electrons. The van der Waals surface area contributed by atoms with Crippen LogP contribution in [0, 0.1) is 0 Å². The molecule has 1 aromatic heterocycles. The topological polar surface area (TPSA) is 55.5 Å². The van der Waals surface area contributed by atoms with E-state index >= 15 is 0 Å². The quantitative estimate of drug-likeness (QED) is 0.861. The highest BCUT2D eigenvalue weighted by Crippen LogP contribution is 2.24. The molecule has 16 heavy (non-hydrogen) atoms. The van der Waals surface area contributed by atoms with E-state index < -0.39 is 6.10 Å². The maximum atomic E-state index is 9.34. The van der Waals surface area contributed by atoms with Crippen molar-refractivity contribution in [2.24, 2.45) is 0 Å². The molecule has 0 aliphatic rings. The van der Waals surface area contributed by atoms with Gasteiger partial charge < -0.3 is 14.3 Å². The lowest BCUT2D eigenvalue weighted by molar-refractivity contribution is 0.194. The number of rotatable bonds is 3. The summed E-state index contributed by atoms with van der Waals surface area (Å²) in [5.74, 6) is 1.23. The molecule has 0 aliphatic heterocycles. The fourth-order valence-corrected chi connectivity index (χ4v) is 1.37. The van der Waals surface area contributed by atoms with Gasteiger partial charge in [-0.15, -0.1) is 0 Å². The molecule has 1 aromatic carbocycles. The summed E-state index contributed by atoms with van der Waals surface area (Å²) >= 11 is 0. The van der Waals surface area contributed by atoms with Gasteiger partial charge in [0.15, 0.2) is 0 Å². The molecule has 4 heteroatoms. The minimum atomic E-state index is -0.622. The monoisotopic (exact) mass is 219 g/mol. The van der Waals surface area contributed by atoms with Crippen LogP contribution in [0.2, 0.25) is 0 Å². The Bertz CT molecular complexity index is 477. The number of ether oxygens (including phenoxy) is 1. The third kappa shape index (κ3) is 2.06. The van der Waals surface area contributed by atoms with Crippen molar-refractivity contribution in [3.8, 4) is 17.2 Å². The Balaban J connectivity index is 2.34. The fourth-order valence-electron chi connectivity index (χ4n) is 1.37. The third-order valence-corrected chi connectivity index (χ3v) is 2.27. The van der Waals surface area contributed by atoms with Crippen LogP contribution in [-0.4, -0.2) is 17.2 Å². The average Bonchev–Trinajstić information content (AvgIpc) is 2.78. The largest absolute Gasteiger partial charge is 0.497 e. The Morgan fingerprint density at radius 1 is 1.44 bits per heavy atom. The molecule has 2 rings (SSSR count).